The number of benzene rings is 6. The van der Waals surface area contributed by atoms with Crippen LogP contribution in [0.1, 0.15) is 114 Å². The van der Waals surface area contributed by atoms with Crippen molar-refractivity contribution in [3.05, 3.63) is 198 Å². The van der Waals surface area contributed by atoms with Crippen molar-refractivity contribution in [2.75, 3.05) is 75.2 Å². The van der Waals surface area contributed by atoms with Crippen LogP contribution in [0.4, 0.5) is 11.4 Å². The summed E-state index contributed by atoms with van der Waals surface area (Å²) in [5, 5.41) is 55.6. The number of amides is 1. The highest BCUT2D eigenvalue weighted by molar-refractivity contribution is 6.34. The third kappa shape index (κ3) is 16.7. The minimum atomic E-state index is -1.17. The Labute approximate surface area is 479 Å². The number of hydrogen-bond donors (Lipinski definition) is 5. The lowest BCUT2D eigenvalue weighted by Crippen LogP contribution is -2.52. The number of nitrogens with two attached hydrogens (primary N) is 1. The van der Waals surface area contributed by atoms with Crippen molar-refractivity contribution in [3.63, 3.8) is 0 Å². The number of aromatic carboxylic acids is 1. The van der Waals surface area contributed by atoms with Gasteiger partial charge in [0.15, 0.2) is 0 Å². The lowest BCUT2D eigenvalue weighted by Gasteiger charge is -2.45. The minimum absolute atomic E-state index is 0. The summed E-state index contributed by atoms with van der Waals surface area (Å²) in [6.07, 6.45) is 1.97. The van der Waals surface area contributed by atoms with Crippen LogP contribution in [0.5, 0.6) is 0 Å². The molecule has 13 nitrogen and oxygen atoms in total. The van der Waals surface area contributed by atoms with Crippen LogP contribution in [0.3, 0.4) is 0 Å². The van der Waals surface area contributed by atoms with E-state index in [0.29, 0.717) is 101 Å². The van der Waals surface area contributed by atoms with Crippen LogP contribution in [0, 0.1) is 22.7 Å². The van der Waals surface area contributed by atoms with Crippen LogP contribution < -0.4 is 20.9 Å². The smallest absolute Gasteiger partial charge is 0.335 e. The van der Waals surface area contributed by atoms with Crippen molar-refractivity contribution >= 4 is 69.7 Å². The van der Waals surface area contributed by atoms with Gasteiger partial charge >= 0.3 is 5.97 Å². The summed E-state index contributed by atoms with van der Waals surface area (Å²) in [6.45, 7) is 13.9. The summed E-state index contributed by atoms with van der Waals surface area (Å²) in [5.74, 6) is -1.11. The molecule has 2 saturated heterocycles. The number of nitrogens with one attached hydrogen (secondary N) is 1. The maximum Gasteiger partial charge on any atom is 0.335 e. The number of β-amino-alcohol motifs (C(OH)–C–C–N with tert-alkyl or cyclic N) is 2. The first-order valence-electron chi connectivity index (χ1n) is 25.6. The predicted octanol–water partition coefficient (Wildman–Crippen LogP) is 12.1. The molecule has 0 saturated carbocycles. The summed E-state index contributed by atoms with van der Waals surface area (Å²) >= 11 is 25.5. The molecule has 0 spiro atoms. The van der Waals surface area contributed by atoms with Crippen molar-refractivity contribution < 1.29 is 24.9 Å². The highest BCUT2D eigenvalue weighted by Gasteiger charge is 2.36. The zero-order valence-corrected chi connectivity index (χ0v) is 46.8. The third-order valence-corrected chi connectivity index (χ3v) is 14.7. The fraction of sp³-hybridized carbons (Fsp3) is 0.344. The van der Waals surface area contributed by atoms with Gasteiger partial charge in [-0.15, -0.1) is 0 Å². The lowest BCUT2D eigenvalue weighted by atomic mass is 9.93. The Morgan fingerprint density at radius 3 is 1.33 bits per heavy atom. The average molecular weight is 1140 g/mol. The Kier molecular flexibility index (Phi) is 23.4. The van der Waals surface area contributed by atoms with Gasteiger partial charge in [-0.2, -0.15) is 10.5 Å². The maximum atomic E-state index is 12.3. The van der Waals surface area contributed by atoms with Gasteiger partial charge in [0.2, 0.25) is 0 Å². The van der Waals surface area contributed by atoms with Gasteiger partial charge in [0, 0.05) is 74.5 Å². The second-order valence-corrected chi connectivity index (χ2v) is 21.3. The molecule has 0 aliphatic carbocycles. The van der Waals surface area contributed by atoms with Crippen LogP contribution in [0.25, 0.3) is 0 Å². The molecule has 2 heterocycles. The minimum Gasteiger partial charge on any atom is -0.478 e. The number of carboxylic acid groups (broad SMARTS) is 1. The first kappa shape index (κ1) is 62.6. The average Bonchev–Trinajstić information content (AvgIpc) is 3.44. The topological polar surface area (TPSA) is 193 Å². The number of carbonyl (C=O) groups is 2. The van der Waals surface area contributed by atoms with Crippen LogP contribution in [0.2, 0.25) is 20.1 Å². The van der Waals surface area contributed by atoms with Crippen molar-refractivity contribution in [1.29, 1.82) is 10.5 Å². The normalized spacial score (nSPS) is 17.0. The largest absolute Gasteiger partial charge is 0.478 e. The molecule has 6 aromatic rings. The number of carbonyl (C=O) groups excluding carboxylic acids is 1. The van der Waals surface area contributed by atoms with Gasteiger partial charge in [-0.25, -0.2) is 4.79 Å². The molecule has 412 valence electrons. The van der Waals surface area contributed by atoms with Crippen LogP contribution in [0.15, 0.2) is 133 Å². The van der Waals surface area contributed by atoms with E-state index in [4.69, 9.17) is 57.2 Å². The highest BCUT2D eigenvalue weighted by atomic mass is 35.5. The van der Waals surface area contributed by atoms with E-state index in [1.165, 1.54) is 12.1 Å². The Hall–Kier alpha value is -6.20. The fourth-order valence-electron chi connectivity index (χ4n) is 9.45. The van der Waals surface area contributed by atoms with Crippen molar-refractivity contribution in [2.45, 2.75) is 71.2 Å². The number of halogens is 4. The summed E-state index contributed by atoms with van der Waals surface area (Å²) in [6, 6.07) is 43.8. The van der Waals surface area contributed by atoms with E-state index in [2.05, 4.69) is 44.0 Å². The number of hydrogen-bond acceptors (Lipinski definition) is 11. The van der Waals surface area contributed by atoms with E-state index in [0.717, 1.165) is 47.5 Å². The molecule has 6 aromatic carbocycles. The molecular formula is C61H70Cl4N8O5. The molecule has 6 N–H and O–H groups in total. The molecule has 78 heavy (non-hydrogen) atoms. The van der Waals surface area contributed by atoms with Crippen molar-refractivity contribution in [1.82, 2.24) is 15.1 Å². The van der Waals surface area contributed by atoms with E-state index < -0.39 is 17.2 Å². The van der Waals surface area contributed by atoms with Gasteiger partial charge in [-0.1, -0.05) is 116 Å². The van der Waals surface area contributed by atoms with Crippen molar-refractivity contribution in [2.24, 2.45) is 5.73 Å². The van der Waals surface area contributed by atoms with Crippen LogP contribution in [-0.2, 0) is 11.2 Å². The number of anilines is 2. The molecule has 1 amide bonds. The molecule has 0 radical (unpaired) electrons. The fourth-order valence-corrected chi connectivity index (χ4v) is 10.3. The van der Waals surface area contributed by atoms with Gasteiger partial charge < -0.3 is 36.2 Å². The lowest BCUT2D eigenvalue weighted by molar-refractivity contribution is 0.00992. The molecule has 8 rings (SSSR count). The number of carboxylic acids is 1. The Balaban J connectivity index is 0.000000266. The zero-order chi connectivity index (χ0) is 55.9. The number of nitrogens with zero attached hydrogens (tertiary/aromatic N) is 6. The first-order chi connectivity index (χ1) is 36.8. The first-order valence-corrected chi connectivity index (χ1v) is 27.1. The van der Waals surface area contributed by atoms with E-state index in [9.17, 15) is 30.3 Å². The zero-order valence-electron chi connectivity index (χ0n) is 43.8. The number of nitriles is 2. The number of rotatable bonds is 15. The van der Waals surface area contributed by atoms with Gasteiger partial charge in [0.1, 0.15) is 0 Å². The summed E-state index contributed by atoms with van der Waals surface area (Å²) in [7, 11) is 0. The molecule has 17 heteroatoms. The quantitative estimate of drug-likeness (QED) is 0.0654. The molecule has 0 unspecified atom stereocenters. The summed E-state index contributed by atoms with van der Waals surface area (Å²) < 4.78 is 0. The van der Waals surface area contributed by atoms with Gasteiger partial charge in [0.25, 0.3) is 5.91 Å². The number of piperazine rings is 2. The van der Waals surface area contributed by atoms with Crippen LogP contribution >= 0.6 is 46.4 Å². The van der Waals surface area contributed by atoms with E-state index in [1.807, 2.05) is 79.7 Å². The molecule has 4 atom stereocenters. The monoisotopic (exact) mass is 1130 g/mol. The molecule has 2 aliphatic heterocycles. The molecule has 2 aliphatic rings. The molecule has 0 aromatic heterocycles. The Morgan fingerprint density at radius 1 is 0.615 bits per heavy atom. The standard InChI is InChI=1S/C30H32Cl2N4O2.C27H25Cl2N3O3.C3H9N.CH4/c1-3-14-34-29(37)23-5-9-24(10-6-23)30(2,38)20-35-15-16-36(27-13-4-21(18-33)17-26(27)32)28(19-35)22-7-11-25(31)12-8-22;1-27(35,21-7-3-20(4-8-21)26(33)34)17-31-12-13-32(24-11-2-18(15-30)14-23(24)29)25(16-31)19-5-9-22(28)10-6-19;1-2-3-4;/h4-13,17,28,38H,3,14-16,19-20H2,1-2H3,(H,34,37);2-11,14,25,35H,12-13,16-17H2,1H3,(H,33,34);2-4H2,1H3;1H4/t28-,30+;25-,27+;;/m00../s1. The Bertz CT molecular complexity index is 3000. The van der Waals surface area contributed by atoms with E-state index >= 15 is 0 Å². The summed E-state index contributed by atoms with van der Waals surface area (Å²) in [4.78, 5) is 32.3. The second kappa shape index (κ2) is 29.1. The third-order valence-electron chi connectivity index (χ3n) is 13.6. The van der Waals surface area contributed by atoms with E-state index in [-0.39, 0.29) is 31.0 Å². The molecule has 0 bridgehead atoms. The second-order valence-electron chi connectivity index (χ2n) is 19.6. The summed E-state index contributed by atoms with van der Waals surface area (Å²) in [5.41, 5.74) is 9.80. The SMILES string of the molecule is C.CCCN.CCCNC(=O)c1ccc([C@](C)(O)CN2CCN(c3ccc(C#N)cc3Cl)[C@H](c3ccc(Cl)cc3)C2)cc1.C[C@@](O)(CN1CCN(c2ccc(C#N)cc2Cl)[C@H](c2ccc(Cl)cc2)C1)c1ccc(C(=O)O)cc1. The van der Waals surface area contributed by atoms with Gasteiger partial charge in [-0.05, 0) is 140 Å². The van der Waals surface area contributed by atoms with Crippen molar-refractivity contribution in [3.8, 4) is 12.1 Å². The Morgan fingerprint density at radius 2 is 1.00 bits per heavy atom. The molecule has 2 fully saturated rings. The maximum absolute atomic E-state index is 12.3. The van der Waals surface area contributed by atoms with Gasteiger partial charge in [-0.3, -0.25) is 14.6 Å². The number of aliphatic hydroxyl groups is 2. The highest BCUT2D eigenvalue weighted by Crippen LogP contribution is 2.39. The van der Waals surface area contributed by atoms with Gasteiger partial charge in [0.05, 0.1) is 73.5 Å². The molecular weight excluding hydrogens is 1070 g/mol. The predicted molar refractivity (Wildman–Crippen MR) is 316 cm³/mol. The van der Waals surface area contributed by atoms with E-state index in [1.54, 1.807) is 62.4 Å². The van der Waals surface area contributed by atoms with Crippen LogP contribution in [-0.4, -0.2) is 102 Å².